The van der Waals surface area contributed by atoms with E-state index in [4.69, 9.17) is 4.74 Å². The van der Waals surface area contributed by atoms with E-state index in [-0.39, 0.29) is 5.97 Å². The molecule has 0 heterocycles. The second kappa shape index (κ2) is 8.48. The topological polar surface area (TPSA) is 38.3 Å². The maximum absolute atomic E-state index is 11.0. The maximum Gasteiger partial charge on any atom is 0.330 e. The van der Waals surface area contributed by atoms with Crippen molar-refractivity contribution in [2.75, 3.05) is 19.7 Å². The van der Waals surface area contributed by atoms with Crippen LogP contribution in [0, 0.1) is 6.92 Å². The summed E-state index contributed by atoms with van der Waals surface area (Å²) in [6, 6.07) is 8.37. The van der Waals surface area contributed by atoms with Gasteiger partial charge in [0.2, 0.25) is 0 Å². The first-order chi connectivity index (χ1) is 8.74. The molecule has 98 valence electrons. The molecule has 18 heavy (non-hydrogen) atoms. The van der Waals surface area contributed by atoms with Gasteiger partial charge in [0.15, 0.2) is 0 Å². The number of ether oxygens (including phenoxy) is 1. The van der Waals surface area contributed by atoms with Crippen molar-refractivity contribution in [3.05, 3.63) is 47.5 Å². The number of nitrogens with one attached hydrogen (secondary N) is 1. The fourth-order valence-electron chi connectivity index (χ4n) is 1.64. The molecule has 0 bridgehead atoms. The Morgan fingerprint density at radius 2 is 2.17 bits per heavy atom. The van der Waals surface area contributed by atoms with E-state index < -0.39 is 0 Å². The molecule has 1 aromatic rings. The van der Waals surface area contributed by atoms with Crippen LogP contribution < -0.4 is 5.32 Å². The Morgan fingerprint density at radius 1 is 1.39 bits per heavy atom. The minimum atomic E-state index is -0.279. The molecule has 0 aliphatic heterocycles. The highest BCUT2D eigenvalue weighted by atomic mass is 16.5. The van der Waals surface area contributed by atoms with Crippen LogP contribution in [0.1, 0.15) is 18.1 Å². The zero-order valence-corrected chi connectivity index (χ0v) is 11.1. The van der Waals surface area contributed by atoms with E-state index in [1.165, 1.54) is 17.2 Å². The molecular weight excluding hydrogens is 226 g/mol. The van der Waals surface area contributed by atoms with Gasteiger partial charge >= 0.3 is 5.97 Å². The lowest BCUT2D eigenvalue weighted by Crippen LogP contribution is -2.17. The van der Waals surface area contributed by atoms with E-state index in [0.29, 0.717) is 13.2 Å². The monoisotopic (exact) mass is 247 g/mol. The quantitative estimate of drug-likeness (QED) is 0.456. The van der Waals surface area contributed by atoms with Crippen LogP contribution in [0.3, 0.4) is 0 Å². The van der Waals surface area contributed by atoms with Crippen LogP contribution in [0.5, 0.6) is 0 Å². The number of carbonyl (C=O) groups is 1. The fourth-order valence-corrected chi connectivity index (χ4v) is 1.64. The summed E-state index contributed by atoms with van der Waals surface area (Å²) in [5, 5.41) is 3.26. The Kier molecular flexibility index (Phi) is 6.81. The summed E-state index contributed by atoms with van der Waals surface area (Å²) in [5.74, 6) is -0.279. The van der Waals surface area contributed by atoms with Crippen molar-refractivity contribution in [2.45, 2.75) is 20.3 Å². The molecule has 0 saturated heterocycles. The zero-order chi connectivity index (χ0) is 13.2. The van der Waals surface area contributed by atoms with Crippen LogP contribution in [-0.2, 0) is 16.0 Å². The van der Waals surface area contributed by atoms with Crippen LogP contribution in [-0.4, -0.2) is 25.7 Å². The lowest BCUT2D eigenvalue weighted by atomic mass is 10.1. The first-order valence-electron chi connectivity index (χ1n) is 6.32. The minimum Gasteiger partial charge on any atom is -0.463 e. The summed E-state index contributed by atoms with van der Waals surface area (Å²) in [6.07, 6.45) is 4.25. The van der Waals surface area contributed by atoms with Crippen LogP contribution in [0.2, 0.25) is 0 Å². The van der Waals surface area contributed by atoms with Crippen molar-refractivity contribution in [3.8, 4) is 0 Å². The Bertz CT molecular complexity index is 399. The molecule has 0 saturated carbocycles. The number of carbonyl (C=O) groups excluding carboxylic acids is 1. The smallest absolute Gasteiger partial charge is 0.330 e. The van der Waals surface area contributed by atoms with Gasteiger partial charge in [0.25, 0.3) is 0 Å². The van der Waals surface area contributed by atoms with E-state index in [1.54, 1.807) is 13.0 Å². The highest BCUT2D eigenvalue weighted by Gasteiger charge is 1.96. The van der Waals surface area contributed by atoms with E-state index in [0.717, 1.165) is 13.0 Å². The largest absolute Gasteiger partial charge is 0.463 e. The second-order valence-corrected chi connectivity index (χ2v) is 4.04. The molecule has 1 aromatic carbocycles. The molecule has 0 aliphatic carbocycles. The van der Waals surface area contributed by atoms with Crippen LogP contribution in [0.25, 0.3) is 0 Å². The summed E-state index contributed by atoms with van der Waals surface area (Å²) >= 11 is 0. The lowest BCUT2D eigenvalue weighted by molar-refractivity contribution is -0.137. The van der Waals surface area contributed by atoms with Crippen molar-refractivity contribution >= 4 is 5.97 Å². The summed E-state index contributed by atoms with van der Waals surface area (Å²) < 4.78 is 4.78. The van der Waals surface area contributed by atoms with Crippen molar-refractivity contribution in [3.63, 3.8) is 0 Å². The maximum atomic E-state index is 11.0. The van der Waals surface area contributed by atoms with Gasteiger partial charge in [-0.3, -0.25) is 0 Å². The van der Waals surface area contributed by atoms with E-state index >= 15 is 0 Å². The van der Waals surface area contributed by atoms with E-state index in [1.807, 2.05) is 6.07 Å². The Balaban J connectivity index is 2.16. The zero-order valence-electron chi connectivity index (χ0n) is 11.1. The molecule has 0 radical (unpaired) electrons. The molecule has 0 atom stereocenters. The number of hydrogen-bond acceptors (Lipinski definition) is 3. The van der Waals surface area contributed by atoms with E-state index in [9.17, 15) is 4.79 Å². The molecule has 1 N–H and O–H groups in total. The van der Waals surface area contributed by atoms with Gasteiger partial charge in [-0.2, -0.15) is 0 Å². The summed E-state index contributed by atoms with van der Waals surface area (Å²) in [6.45, 7) is 5.93. The highest BCUT2D eigenvalue weighted by Crippen LogP contribution is 2.06. The van der Waals surface area contributed by atoms with Crippen molar-refractivity contribution in [2.24, 2.45) is 0 Å². The van der Waals surface area contributed by atoms with Gasteiger partial charge in [-0.1, -0.05) is 30.3 Å². The highest BCUT2D eigenvalue weighted by molar-refractivity contribution is 5.81. The molecule has 0 amide bonds. The summed E-state index contributed by atoms with van der Waals surface area (Å²) in [5.41, 5.74) is 2.68. The summed E-state index contributed by atoms with van der Waals surface area (Å²) in [4.78, 5) is 11.0. The van der Waals surface area contributed by atoms with Crippen molar-refractivity contribution in [1.82, 2.24) is 5.32 Å². The minimum absolute atomic E-state index is 0.279. The number of aryl methyl sites for hydroxylation is 1. The van der Waals surface area contributed by atoms with Gasteiger partial charge in [0.1, 0.15) is 0 Å². The molecule has 0 fully saturated rings. The molecule has 3 nitrogen and oxygen atoms in total. The molecule has 0 spiro atoms. The van der Waals surface area contributed by atoms with Gasteiger partial charge in [-0.05, 0) is 37.9 Å². The molecule has 0 unspecified atom stereocenters. The van der Waals surface area contributed by atoms with E-state index in [2.05, 4.69) is 30.4 Å². The van der Waals surface area contributed by atoms with Crippen molar-refractivity contribution in [1.29, 1.82) is 0 Å². The van der Waals surface area contributed by atoms with Crippen LogP contribution in [0.4, 0.5) is 0 Å². The SMILES string of the molecule is CCOC(=O)/C=C/CNCCc1ccccc1C. The number of rotatable bonds is 7. The van der Waals surface area contributed by atoms with Gasteiger partial charge in [0.05, 0.1) is 6.61 Å². The third-order valence-electron chi connectivity index (χ3n) is 2.64. The Morgan fingerprint density at radius 3 is 2.89 bits per heavy atom. The second-order valence-electron chi connectivity index (χ2n) is 4.04. The number of esters is 1. The van der Waals surface area contributed by atoms with Gasteiger partial charge in [-0.25, -0.2) is 4.79 Å². The third-order valence-corrected chi connectivity index (χ3v) is 2.64. The Labute approximate surface area is 109 Å². The van der Waals surface area contributed by atoms with Gasteiger partial charge < -0.3 is 10.1 Å². The predicted molar refractivity (Wildman–Crippen MR) is 73.5 cm³/mol. The third kappa shape index (κ3) is 5.64. The van der Waals surface area contributed by atoms with Crippen molar-refractivity contribution < 1.29 is 9.53 Å². The predicted octanol–water partition coefficient (Wildman–Crippen LogP) is 2.25. The lowest BCUT2D eigenvalue weighted by Gasteiger charge is -2.05. The van der Waals surface area contributed by atoms with Gasteiger partial charge in [-0.15, -0.1) is 0 Å². The normalized spacial score (nSPS) is 10.8. The fraction of sp³-hybridized carbons (Fsp3) is 0.400. The average molecular weight is 247 g/mol. The van der Waals surface area contributed by atoms with Gasteiger partial charge in [0, 0.05) is 12.6 Å². The first kappa shape index (κ1) is 14.5. The standard InChI is InChI=1S/C15H21NO2/c1-3-18-15(17)9-6-11-16-12-10-14-8-5-4-7-13(14)2/h4-9,16H,3,10-12H2,1-2H3/b9-6+. The number of hydrogen-bond donors (Lipinski definition) is 1. The molecular formula is C15H21NO2. The average Bonchev–Trinajstić information content (AvgIpc) is 2.36. The van der Waals surface area contributed by atoms with Crippen LogP contribution in [0.15, 0.2) is 36.4 Å². The molecule has 3 heteroatoms. The first-order valence-corrected chi connectivity index (χ1v) is 6.32. The van der Waals surface area contributed by atoms with Crippen LogP contribution >= 0.6 is 0 Å². The summed E-state index contributed by atoms with van der Waals surface area (Å²) in [7, 11) is 0. The number of benzene rings is 1. The Hall–Kier alpha value is -1.61. The molecule has 0 aromatic heterocycles. The molecule has 1 rings (SSSR count). The molecule has 0 aliphatic rings.